The molecule has 3 amide bonds. The first kappa shape index (κ1) is 17.3. The Morgan fingerprint density at radius 1 is 1.37 bits per heavy atom. The van der Waals surface area contributed by atoms with Crippen LogP contribution in [0.25, 0.3) is 0 Å². The molecule has 0 saturated carbocycles. The number of aromatic nitrogens is 2. The van der Waals surface area contributed by atoms with E-state index in [2.05, 4.69) is 5.10 Å². The van der Waals surface area contributed by atoms with Gasteiger partial charge in [-0.1, -0.05) is 30.3 Å². The largest absolute Gasteiger partial charge is 0.465 e. The molecule has 0 radical (unpaired) electrons. The maximum Gasteiger partial charge on any atom is 0.407 e. The Balaban J connectivity index is 1.61. The molecule has 2 aromatic rings. The summed E-state index contributed by atoms with van der Waals surface area (Å²) in [7, 11) is 3.30. The van der Waals surface area contributed by atoms with Crippen LogP contribution >= 0.6 is 0 Å². The number of likely N-dealkylation sites (N-methyl/N-ethyl adjacent to an activating group) is 1. The fourth-order valence-corrected chi connectivity index (χ4v) is 3.75. The molecule has 9 nitrogen and oxygen atoms in total. The molecule has 2 atom stereocenters. The molecule has 2 aliphatic heterocycles. The number of urea groups is 1. The van der Waals surface area contributed by atoms with Gasteiger partial charge in [-0.25, -0.2) is 9.59 Å². The Hall–Kier alpha value is -3.07. The number of carbonyl (C=O) groups is 2. The fourth-order valence-electron chi connectivity index (χ4n) is 3.75. The highest BCUT2D eigenvalue weighted by Gasteiger charge is 2.50. The van der Waals surface area contributed by atoms with Crippen molar-refractivity contribution in [3.63, 3.8) is 0 Å². The molecule has 142 valence electrons. The average Bonchev–Trinajstić information content (AvgIpc) is 3.17. The summed E-state index contributed by atoms with van der Waals surface area (Å²) in [5.41, 5.74) is 2.71. The molecule has 2 unspecified atom stereocenters. The van der Waals surface area contributed by atoms with Gasteiger partial charge in [-0.3, -0.25) is 9.52 Å². The molecule has 1 fully saturated rings. The lowest BCUT2D eigenvalue weighted by Crippen LogP contribution is -2.42. The number of hydrogen-bond acceptors (Lipinski definition) is 4. The lowest BCUT2D eigenvalue weighted by Gasteiger charge is -2.33. The van der Waals surface area contributed by atoms with Gasteiger partial charge in [0, 0.05) is 26.2 Å². The van der Waals surface area contributed by atoms with Crippen molar-refractivity contribution in [3.8, 4) is 0 Å². The maximum atomic E-state index is 13.0. The van der Waals surface area contributed by atoms with E-state index in [9.17, 15) is 14.7 Å². The maximum absolute atomic E-state index is 13.0. The number of benzene rings is 1. The van der Waals surface area contributed by atoms with E-state index in [1.165, 1.54) is 17.0 Å². The van der Waals surface area contributed by atoms with E-state index < -0.39 is 12.1 Å². The first-order valence-electron chi connectivity index (χ1n) is 8.70. The Bertz CT molecular complexity index is 868. The van der Waals surface area contributed by atoms with E-state index in [4.69, 9.17) is 4.84 Å². The van der Waals surface area contributed by atoms with E-state index in [1.807, 2.05) is 30.3 Å². The fraction of sp³-hybridized carbons (Fsp3) is 0.389. The Morgan fingerprint density at radius 2 is 2.11 bits per heavy atom. The quantitative estimate of drug-likeness (QED) is 0.868. The Kier molecular flexibility index (Phi) is 4.23. The standard InChI is InChI=1S/C18H21N5O4/c1-20(18(25)26)9-15-16-13(8-19-21(16)2)14-10-22(15)17(24)23(14)27-11-12-6-4-3-5-7-12/h3-8,14-15H,9-11H2,1-2H3,(H,25,26). The molecule has 0 aliphatic carbocycles. The predicted molar refractivity (Wildman–Crippen MR) is 94.5 cm³/mol. The van der Waals surface area contributed by atoms with Crippen LogP contribution in [-0.2, 0) is 18.5 Å². The van der Waals surface area contributed by atoms with Crippen LogP contribution in [0.2, 0.25) is 0 Å². The summed E-state index contributed by atoms with van der Waals surface area (Å²) in [6, 6.07) is 8.73. The van der Waals surface area contributed by atoms with E-state index in [0.29, 0.717) is 6.54 Å². The van der Waals surface area contributed by atoms with Crippen LogP contribution in [0.1, 0.15) is 28.9 Å². The summed E-state index contributed by atoms with van der Waals surface area (Å²) in [5.74, 6) is 0. The van der Waals surface area contributed by atoms with Gasteiger partial charge in [0.1, 0.15) is 12.6 Å². The smallest absolute Gasteiger partial charge is 0.407 e. The van der Waals surface area contributed by atoms with E-state index in [1.54, 1.807) is 22.8 Å². The summed E-state index contributed by atoms with van der Waals surface area (Å²) in [4.78, 5) is 33.0. The summed E-state index contributed by atoms with van der Waals surface area (Å²) < 4.78 is 1.71. The number of carbonyl (C=O) groups excluding carboxylic acids is 1. The second-order valence-corrected chi connectivity index (χ2v) is 6.82. The third kappa shape index (κ3) is 2.89. The summed E-state index contributed by atoms with van der Waals surface area (Å²) in [5, 5.41) is 15.0. The van der Waals surface area contributed by atoms with Crippen LogP contribution in [0.15, 0.2) is 36.5 Å². The van der Waals surface area contributed by atoms with Crippen molar-refractivity contribution < 1.29 is 19.5 Å². The molecule has 1 aromatic heterocycles. The van der Waals surface area contributed by atoms with Gasteiger partial charge in [-0.05, 0) is 5.56 Å². The minimum Gasteiger partial charge on any atom is -0.465 e. The highest BCUT2D eigenvalue weighted by Crippen LogP contribution is 2.44. The normalized spacial score (nSPS) is 20.7. The SMILES string of the molecule is CN(CC1c2c(cnn2C)C2CN1C(=O)N2OCc1ccccc1)C(=O)O. The van der Waals surface area contributed by atoms with Crippen LogP contribution in [0.3, 0.4) is 0 Å². The van der Waals surface area contributed by atoms with Gasteiger partial charge < -0.3 is 14.9 Å². The van der Waals surface area contributed by atoms with Crippen molar-refractivity contribution in [1.29, 1.82) is 0 Å². The molecule has 2 aliphatic rings. The van der Waals surface area contributed by atoms with Gasteiger partial charge in [0.05, 0.1) is 24.5 Å². The van der Waals surface area contributed by atoms with Gasteiger partial charge in [-0.15, -0.1) is 0 Å². The van der Waals surface area contributed by atoms with Crippen LogP contribution in [0.4, 0.5) is 9.59 Å². The molecule has 9 heteroatoms. The van der Waals surface area contributed by atoms with Crippen molar-refractivity contribution in [2.45, 2.75) is 18.7 Å². The minimum absolute atomic E-state index is 0.173. The lowest BCUT2D eigenvalue weighted by molar-refractivity contribution is -0.141. The molecule has 4 rings (SSSR count). The highest BCUT2D eigenvalue weighted by atomic mass is 16.7. The number of hydroxylamine groups is 2. The number of carboxylic acid groups (broad SMARTS) is 1. The van der Waals surface area contributed by atoms with Crippen LogP contribution in [0.5, 0.6) is 0 Å². The second-order valence-electron chi connectivity index (χ2n) is 6.82. The van der Waals surface area contributed by atoms with Gasteiger partial charge in [0.2, 0.25) is 0 Å². The average molecular weight is 371 g/mol. The summed E-state index contributed by atoms with van der Waals surface area (Å²) in [6.45, 7) is 0.906. The topological polar surface area (TPSA) is 91.1 Å². The summed E-state index contributed by atoms with van der Waals surface area (Å²) >= 11 is 0. The van der Waals surface area contributed by atoms with Gasteiger partial charge in [-0.2, -0.15) is 10.2 Å². The zero-order chi connectivity index (χ0) is 19.1. The zero-order valence-corrected chi connectivity index (χ0v) is 15.1. The van der Waals surface area contributed by atoms with Crippen molar-refractivity contribution in [3.05, 3.63) is 53.3 Å². The highest BCUT2D eigenvalue weighted by molar-refractivity contribution is 5.78. The van der Waals surface area contributed by atoms with E-state index >= 15 is 0 Å². The molecular formula is C18H21N5O4. The van der Waals surface area contributed by atoms with E-state index in [-0.39, 0.29) is 25.2 Å². The van der Waals surface area contributed by atoms with Gasteiger partial charge in [0.25, 0.3) is 0 Å². The number of amides is 3. The predicted octanol–water partition coefficient (Wildman–Crippen LogP) is 2.00. The van der Waals surface area contributed by atoms with Gasteiger partial charge in [0.15, 0.2) is 0 Å². The molecular weight excluding hydrogens is 350 g/mol. The molecule has 1 N–H and O–H groups in total. The second kappa shape index (κ2) is 6.58. The number of hydrogen-bond donors (Lipinski definition) is 1. The molecule has 1 aromatic carbocycles. The van der Waals surface area contributed by atoms with Crippen LogP contribution < -0.4 is 0 Å². The van der Waals surface area contributed by atoms with E-state index in [0.717, 1.165) is 16.8 Å². The number of nitrogens with zero attached hydrogens (tertiary/aromatic N) is 5. The molecule has 0 spiro atoms. The van der Waals surface area contributed by atoms with Crippen LogP contribution in [0, 0.1) is 0 Å². The lowest BCUT2D eigenvalue weighted by atomic mass is 9.98. The summed E-state index contributed by atoms with van der Waals surface area (Å²) in [6.07, 6.45) is 0.701. The third-order valence-corrected chi connectivity index (χ3v) is 5.14. The molecule has 1 saturated heterocycles. The van der Waals surface area contributed by atoms with Crippen LogP contribution in [-0.4, -0.2) is 62.0 Å². The van der Waals surface area contributed by atoms with Gasteiger partial charge >= 0.3 is 12.1 Å². The first-order valence-corrected chi connectivity index (χ1v) is 8.70. The number of aryl methyl sites for hydroxylation is 1. The molecule has 3 heterocycles. The zero-order valence-electron chi connectivity index (χ0n) is 15.1. The first-order chi connectivity index (χ1) is 13.0. The van der Waals surface area contributed by atoms with Crippen molar-refractivity contribution in [2.75, 3.05) is 20.1 Å². The third-order valence-electron chi connectivity index (χ3n) is 5.14. The number of fused-ring (bicyclic) bond motifs is 4. The minimum atomic E-state index is -1.04. The molecule has 27 heavy (non-hydrogen) atoms. The molecule has 2 bridgehead atoms. The van der Waals surface area contributed by atoms with Crippen molar-refractivity contribution >= 4 is 12.1 Å². The van der Waals surface area contributed by atoms with Crippen molar-refractivity contribution in [2.24, 2.45) is 7.05 Å². The Labute approximate surface area is 156 Å². The van der Waals surface area contributed by atoms with Crippen molar-refractivity contribution in [1.82, 2.24) is 24.6 Å². The Morgan fingerprint density at radius 3 is 2.81 bits per heavy atom. The monoisotopic (exact) mass is 371 g/mol. The number of rotatable bonds is 5.